The summed E-state index contributed by atoms with van der Waals surface area (Å²) in [4.78, 5) is 12.8. The second kappa shape index (κ2) is 8.92. The van der Waals surface area contributed by atoms with Crippen LogP contribution in [-0.2, 0) is 14.6 Å². The third kappa shape index (κ3) is 4.97. The third-order valence-corrected chi connectivity index (χ3v) is 8.89. The van der Waals surface area contributed by atoms with Crippen molar-refractivity contribution in [3.8, 4) is 11.8 Å². The Morgan fingerprint density at radius 1 is 1.15 bits per heavy atom. The summed E-state index contributed by atoms with van der Waals surface area (Å²) >= 11 is 6.01. The highest BCUT2D eigenvalue weighted by molar-refractivity contribution is 7.92. The molecule has 3 atom stereocenters. The van der Waals surface area contributed by atoms with Gasteiger partial charge >= 0.3 is 0 Å². The second-order valence-electron chi connectivity index (χ2n) is 8.53. The summed E-state index contributed by atoms with van der Waals surface area (Å²) in [6.07, 6.45) is 1.23. The van der Waals surface area contributed by atoms with E-state index in [2.05, 4.69) is 11.4 Å². The molecule has 0 bridgehead atoms. The van der Waals surface area contributed by atoms with Crippen LogP contribution in [0.5, 0.6) is 5.75 Å². The van der Waals surface area contributed by atoms with Crippen molar-refractivity contribution in [1.29, 1.82) is 5.26 Å². The minimum Gasteiger partial charge on any atom is -0.493 e. The Morgan fingerprint density at radius 2 is 1.82 bits per heavy atom. The standard InChI is InChI=1S/C23H21ClF2N2O4S/c24-20-10-16(26)3-6-21(20)33(30,31)18-9-14(12-32-17-4-1-15(25)2-5-17)19(11-18)22(29)28-23(13-27)7-8-23/h1-6,10,14,18-19H,7-9,11-12H2,(H,28,29)/t14-,18?,19+/m0/s1. The number of rotatable bonds is 7. The number of halogens is 3. The van der Waals surface area contributed by atoms with Crippen molar-refractivity contribution in [3.05, 3.63) is 59.1 Å². The normalized spacial score (nSPS) is 23.5. The number of sulfone groups is 1. The first-order chi connectivity index (χ1) is 15.6. The lowest BCUT2D eigenvalue weighted by atomic mass is 9.95. The van der Waals surface area contributed by atoms with E-state index in [0.717, 1.165) is 18.2 Å². The van der Waals surface area contributed by atoms with Gasteiger partial charge in [-0.05, 0) is 68.1 Å². The lowest BCUT2D eigenvalue weighted by Gasteiger charge is -2.21. The first kappa shape index (κ1) is 23.5. The quantitative estimate of drug-likeness (QED) is 0.586. The molecule has 1 N–H and O–H groups in total. The van der Waals surface area contributed by atoms with Crippen molar-refractivity contribution in [2.45, 2.75) is 41.4 Å². The summed E-state index contributed by atoms with van der Waals surface area (Å²) in [5.41, 5.74) is -0.892. The minimum atomic E-state index is -3.96. The van der Waals surface area contributed by atoms with Crippen LogP contribution in [0.1, 0.15) is 25.7 Å². The Kier molecular flexibility index (Phi) is 6.34. The summed E-state index contributed by atoms with van der Waals surface area (Å²) < 4.78 is 58.9. The average Bonchev–Trinajstić information content (AvgIpc) is 3.40. The van der Waals surface area contributed by atoms with Gasteiger partial charge in [-0.1, -0.05) is 11.6 Å². The minimum absolute atomic E-state index is 0.0147. The van der Waals surface area contributed by atoms with E-state index in [1.54, 1.807) is 0 Å². The number of hydrogen-bond donors (Lipinski definition) is 1. The van der Waals surface area contributed by atoms with E-state index < -0.39 is 50.0 Å². The third-order valence-electron chi connectivity index (χ3n) is 6.23. The van der Waals surface area contributed by atoms with Crippen LogP contribution in [0.2, 0.25) is 5.02 Å². The molecule has 2 aromatic carbocycles. The van der Waals surface area contributed by atoms with Gasteiger partial charge < -0.3 is 10.1 Å². The summed E-state index contributed by atoms with van der Waals surface area (Å²) in [7, 11) is -3.96. The van der Waals surface area contributed by atoms with Crippen molar-refractivity contribution < 1.29 is 26.7 Å². The molecule has 2 fully saturated rings. The molecule has 0 radical (unpaired) electrons. The lowest BCUT2D eigenvalue weighted by Crippen LogP contribution is -2.41. The number of carbonyl (C=O) groups is 1. The average molecular weight is 495 g/mol. The molecular weight excluding hydrogens is 474 g/mol. The van der Waals surface area contributed by atoms with Crippen LogP contribution in [0, 0.1) is 34.8 Å². The van der Waals surface area contributed by atoms with E-state index in [1.807, 2.05) is 0 Å². The number of benzene rings is 2. The van der Waals surface area contributed by atoms with Crippen molar-refractivity contribution >= 4 is 27.3 Å². The van der Waals surface area contributed by atoms with Crippen molar-refractivity contribution in [2.75, 3.05) is 6.61 Å². The molecule has 2 aromatic rings. The van der Waals surface area contributed by atoms with Crippen molar-refractivity contribution in [2.24, 2.45) is 11.8 Å². The Balaban J connectivity index is 1.56. The second-order valence-corrected chi connectivity index (χ2v) is 11.1. The van der Waals surface area contributed by atoms with Gasteiger partial charge in [-0.3, -0.25) is 4.79 Å². The summed E-state index contributed by atoms with van der Waals surface area (Å²) in [5, 5.41) is 10.9. The molecule has 2 saturated carbocycles. The number of nitrogens with one attached hydrogen (secondary N) is 1. The zero-order valence-electron chi connectivity index (χ0n) is 17.4. The molecule has 0 aliphatic heterocycles. The number of amides is 1. The predicted molar refractivity (Wildman–Crippen MR) is 116 cm³/mol. The Hall–Kier alpha value is -2.70. The molecule has 174 valence electrons. The van der Waals surface area contributed by atoms with Crippen LogP contribution >= 0.6 is 11.6 Å². The molecule has 0 spiro atoms. The molecule has 6 nitrogen and oxygen atoms in total. The van der Waals surface area contributed by atoms with E-state index in [9.17, 15) is 27.3 Å². The topological polar surface area (TPSA) is 96.3 Å². The van der Waals surface area contributed by atoms with Crippen LogP contribution in [-0.4, -0.2) is 31.7 Å². The molecule has 4 rings (SSSR count). The monoisotopic (exact) mass is 494 g/mol. The zero-order chi connectivity index (χ0) is 23.8. The molecule has 0 aromatic heterocycles. The van der Waals surface area contributed by atoms with E-state index in [0.29, 0.717) is 18.6 Å². The highest BCUT2D eigenvalue weighted by atomic mass is 35.5. The fourth-order valence-corrected chi connectivity index (χ4v) is 6.57. The Morgan fingerprint density at radius 3 is 2.42 bits per heavy atom. The molecule has 2 aliphatic carbocycles. The molecule has 1 amide bonds. The van der Waals surface area contributed by atoms with Crippen LogP contribution in [0.15, 0.2) is 47.4 Å². The molecule has 2 aliphatic rings. The van der Waals surface area contributed by atoms with Gasteiger partial charge in [0.05, 0.1) is 27.8 Å². The fraction of sp³-hybridized carbons (Fsp3) is 0.391. The Labute approximate surface area is 195 Å². The SMILES string of the molecule is N#CC1(NC(=O)[C@@H]2CC(S(=O)(=O)c3ccc(F)cc3Cl)C[C@H]2COc2ccc(F)cc2)CC1. The smallest absolute Gasteiger partial charge is 0.224 e. The number of carbonyl (C=O) groups excluding carboxylic acids is 1. The van der Waals surface area contributed by atoms with Crippen LogP contribution in [0.3, 0.4) is 0 Å². The number of nitriles is 1. The highest BCUT2D eigenvalue weighted by Gasteiger charge is 2.50. The number of ether oxygens (including phenoxy) is 1. The maximum Gasteiger partial charge on any atom is 0.224 e. The fourth-order valence-electron chi connectivity index (χ4n) is 4.17. The molecule has 10 heteroatoms. The number of hydrogen-bond acceptors (Lipinski definition) is 5. The van der Waals surface area contributed by atoms with E-state index in [1.165, 1.54) is 24.3 Å². The number of nitrogens with zero attached hydrogens (tertiary/aromatic N) is 1. The zero-order valence-corrected chi connectivity index (χ0v) is 19.0. The van der Waals surface area contributed by atoms with Gasteiger partial charge in [0.1, 0.15) is 22.9 Å². The Bertz CT molecular complexity index is 1210. The van der Waals surface area contributed by atoms with Gasteiger partial charge in [0.2, 0.25) is 5.91 Å². The summed E-state index contributed by atoms with van der Waals surface area (Å²) in [5.74, 6) is -2.27. The predicted octanol–water partition coefficient (Wildman–Crippen LogP) is 4.04. The first-order valence-electron chi connectivity index (χ1n) is 10.4. The van der Waals surface area contributed by atoms with Crippen molar-refractivity contribution in [1.82, 2.24) is 5.32 Å². The van der Waals surface area contributed by atoms with E-state index in [-0.39, 0.29) is 29.4 Å². The van der Waals surface area contributed by atoms with Crippen LogP contribution in [0.25, 0.3) is 0 Å². The van der Waals surface area contributed by atoms with Crippen LogP contribution in [0.4, 0.5) is 8.78 Å². The molecular formula is C23H21ClF2N2O4S. The first-order valence-corrected chi connectivity index (χ1v) is 12.4. The molecule has 0 heterocycles. The van der Waals surface area contributed by atoms with Gasteiger partial charge in [-0.25, -0.2) is 17.2 Å². The van der Waals surface area contributed by atoms with Crippen LogP contribution < -0.4 is 10.1 Å². The summed E-state index contributed by atoms with van der Waals surface area (Å²) in [6, 6.07) is 10.5. The largest absolute Gasteiger partial charge is 0.493 e. The van der Waals surface area contributed by atoms with Gasteiger partial charge in [0, 0.05) is 11.8 Å². The van der Waals surface area contributed by atoms with Gasteiger partial charge in [-0.2, -0.15) is 5.26 Å². The highest BCUT2D eigenvalue weighted by Crippen LogP contribution is 2.42. The molecule has 1 unspecified atom stereocenters. The van der Waals surface area contributed by atoms with E-state index >= 15 is 0 Å². The van der Waals surface area contributed by atoms with Gasteiger partial charge in [-0.15, -0.1) is 0 Å². The lowest BCUT2D eigenvalue weighted by molar-refractivity contribution is -0.127. The molecule has 0 saturated heterocycles. The molecule has 33 heavy (non-hydrogen) atoms. The van der Waals surface area contributed by atoms with E-state index in [4.69, 9.17) is 16.3 Å². The van der Waals surface area contributed by atoms with Gasteiger partial charge in [0.25, 0.3) is 0 Å². The maximum atomic E-state index is 13.4. The van der Waals surface area contributed by atoms with Crippen molar-refractivity contribution in [3.63, 3.8) is 0 Å². The van der Waals surface area contributed by atoms with Gasteiger partial charge in [0.15, 0.2) is 9.84 Å². The maximum absolute atomic E-state index is 13.4. The summed E-state index contributed by atoms with van der Waals surface area (Å²) in [6.45, 7) is 0.0342.